The Hall–Kier alpha value is -3.40. The normalized spacial score (nSPS) is 11.2. The predicted octanol–water partition coefficient (Wildman–Crippen LogP) is 1.34. The van der Waals surface area contributed by atoms with Gasteiger partial charge in [-0.15, -0.1) is 10.2 Å². The smallest absolute Gasteiger partial charge is 0.299 e. The van der Waals surface area contributed by atoms with Crippen molar-refractivity contribution in [1.82, 2.24) is 24.5 Å². The molecule has 3 aromatic heterocycles. The van der Waals surface area contributed by atoms with Crippen molar-refractivity contribution < 1.29 is 4.39 Å². The summed E-state index contributed by atoms with van der Waals surface area (Å²) in [5.41, 5.74) is 10.7. The summed E-state index contributed by atoms with van der Waals surface area (Å²) >= 11 is 4.75. The number of halogens is 1. The first-order valence-electron chi connectivity index (χ1n) is 7.55. The summed E-state index contributed by atoms with van der Waals surface area (Å²) < 4.78 is 15.9. The van der Waals surface area contributed by atoms with Gasteiger partial charge in [-0.05, 0) is 42.9 Å². The van der Waals surface area contributed by atoms with E-state index in [1.54, 1.807) is 22.7 Å². The molecular weight excluding hydrogens is 357 g/mol. The van der Waals surface area contributed by atoms with Gasteiger partial charge in [0.05, 0.1) is 11.3 Å². The number of hydrogen-bond donors (Lipinski definition) is 2. The summed E-state index contributed by atoms with van der Waals surface area (Å²) in [6.45, 7) is 1.81. The molecule has 4 aromatic rings. The van der Waals surface area contributed by atoms with Crippen molar-refractivity contribution in [2.45, 2.75) is 6.92 Å². The molecule has 0 aliphatic rings. The SMILES string of the molecule is Cc1nn2c(nnc3c(=O)n(NC(N)=S)ccc32)c1-c1ccc(F)cc1. The van der Waals surface area contributed by atoms with Crippen molar-refractivity contribution in [2.24, 2.45) is 5.73 Å². The Kier molecular flexibility index (Phi) is 3.62. The van der Waals surface area contributed by atoms with Crippen molar-refractivity contribution in [2.75, 3.05) is 5.43 Å². The van der Waals surface area contributed by atoms with Crippen LogP contribution in [0.4, 0.5) is 4.39 Å². The summed E-state index contributed by atoms with van der Waals surface area (Å²) in [5.74, 6) is -0.328. The highest BCUT2D eigenvalue weighted by atomic mass is 32.1. The molecule has 1 aromatic carbocycles. The molecule has 0 unspecified atom stereocenters. The lowest BCUT2D eigenvalue weighted by molar-refractivity contribution is 0.628. The Morgan fingerprint density at radius 3 is 2.65 bits per heavy atom. The lowest BCUT2D eigenvalue weighted by atomic mass is 10.1. The van der Waals surface area contributed by atoms with E-state index in [9.17, 15) is 9.18 Å². The number of nitrogens with two attached hydrogens (primary N) is 1. The molecule has 0 spiro atoms. The largest absolute Gasteiger partial charge is 0.375 e. The minimum absolute atomic E-state index is 0.0472. The number of benzene rings is 1. The highest BCUT2D eigenvalue weighted by Crippen LogP contribution is 2.28. The summed E-state index contributed by atoms with van der Waals surface area (Å²) in [5, 5.41) is 12.6. The van der Waals surface area contributed by atoms with Crippen LogP contribution in [0.1, 0.15) is 5.69 Å². The van der Waals surface area contributed by atoms with Crippen LogP contribution in [-0.4, -0.2) is 29.6 Å². The molecule has 0 saturated carbocycles. The topological polar surface area (TPSA) is 103 Å². The van der Waals surface area contributed by atoms with Crippen molar-refractivity contribution in [3.05, 3.63) is 58.4 Å². The average Bonchev–Trinajstić information content (AvgIpc) is 2.94. The molecule has 0 saturated heterocycles. The monoisotopic (exact) mass is 369 g/mol. The second-order valence-electron chi connectivity index (χ2n) is 5.60. The molecule has 0 aliphatic carbocycles. The molecule has 26 heavy (non-hydrogen) atoms. The van der Waals surface area contributed by atoms with Crippen LogP contribution in [0.5, 0.6) is 0 Å². The average molecular weight is 369 g/mol. The van der Waals surface area contributed by atoms with Crippen LogP contribution >= 0.6 is 12.2 Å². The van der Waals surface area contributed by atoms with Crippen molar-refractivity contribution in [3.63, 3.8) is 0 Å². The zero-order valence-corrected chi connectivity index (χ0v) is 14.3. The molecule has 0 amide bonds. The highest BCUT2D eigenvalue weighted by molar-refractivity contribution is 7.80. The Morgan fingerprint density at radius 2 is 1.96 bits per heavy atom. The molecule has 0 radical (unpaired) electrons. The van der Waals surface area contributed by atoms with Crippen molar-refractivity contribution in [3.8, 4) is 11.1 Å². The Bertz CT molecular complexity index is 1230. The molecule has 0 aliphatic heterocycles. The maximum Gasteiger partial charge on any atom is 0.299 e. The van der Waals surface area contributed by atoms with E-state index < -0.39 is 5.56 Å². The number of hydrogen-bond acceptors (Lipinski definition) is 5. The van der Waals surface area contributed by atoms with Crippen LogP contribution in [0.25, 0.3) is 27.8 Å². The Labute approximate surface area is 151 Å². The third-order valence-corrected chi connectivity index (χ3v) is 4.01. The van der Waals surface area contributed by atoms with Gasteiger partial charge in [-0.2, -0.15) is 5.10 Å². The number of aromatic nitrogens is 5. The first-order valence-corrected chi connectivity index (χ1v) is 7.96. The van der Waals surface area contributed by atoms with E-state index in [0.29, 0.717) is 16.9 Å². The first-order chi connectivity index (χ1) is 12.5. The fraction of sp³-hybridized carbons (Fsp3) is 0.0625. The third kappa shape index (κ3) is 2.47. The zero-order chi connectivity index (χ0) is 18.4. The lowest BCUT2D eigenvalue weighted by Gasteiger charge is -2.08. The van der Waals surface area contributed by atoms with Crippen LogP contribution in [0.15, 0.2) is 41.3 Å². The van der Waals surface area contributed by atoms with Crippen LogP contribution in [0, 0.1) is 12.7 Å². The quantitative estimate of drug-likeness (QED) is 0.514. The molecule has 4 rings (SSSR count). The number of rotatable bonds is 2. The number of nitrogens with one attached hydrogen (secondary N) is 1. The van der Waals surface area contributed by atoms with E-state index in [4.69, 9.17) is 18.0 Å². The van der Waals surface area contributed by atoms with Crippen LogP contribution in [0.2, 0.25) is 0 Å². The number of aryl methyl sites for hydroxylation is 1. The molecule has 0 fully saturated rings. The van der Waals surface area contributed by atoms with Crippen LogP contribution in [0.3, 0.4) is 0 Å². The summed E-state index contributed by atoms with van der Waals surface area (Å²) in [6, 6.07) is 7.69. The molecule has 0 bridgehead atoms. The van der Waals surface area contributed by atoms with E-state index in [1.807, 2.05) is 6.92 Å². The van der Waals surface area contributed by atoms with Gasteiger partial charge in [0, 0.05) is 6.20 Å². The maximum atomic E-state index is 13.2. The second-order valence-corrected chi connectivity index (χ2v) is 6.04. The second kappa shape index (κ2) is 5.85. The minimum Gasteiger partial charge on any atom is -0.375 e. The Morgan fingerprint density at radius 1 is 1.23 bits per heavy atom. The lowest BCUT2D eigenvalue weighted by Crippen LogP contribution is -2.36. The summed E-state index contributed by atoms with van der Waals surface area (Å²) in [4.78, 5) is 12.5. The number of fused-ring (bicyclic) bond motifs is 3. The first kappa shape index (κ1) is 16.1. The summed E-state index contributed by atoms with van der Waals surface area (Å²) in [7, 11) is 0. The molecule has 3 N–H and O–H groups in total. The van der Waals surface area contributed by atoms with Gasteiger partial charge in [0.2, 0.25) is 0 Å². The van der Waals surface area contributed by atoms with E-state index in [1.165, 1.54) is 18.3 Å². The number of thiocarbonyl (C=S) groups is 1. The molecule has 0 atom stereocenters. The third-order valence-electron chi connectivity index (χ3n) is 3.92. The molecular formula is C16H12FN7OS. The zero-order valence-electron chi connectivity index (χ0n) is 13.5. The Balaban J connectivity index is 1.99. The van der Waals surface area contributed by atoms with Gasteiger partial charge in [-0.25, -0.2) is 13.6 Å². The fourth-order valence-corrected chi connectivity index (χ4v) is 2.91. The van der Waals surface area contributed by atoms with Gasteiger partial charge < -0.3 is 5.73 Å². The van der Waals surface area contributed by atoms with Gasteiger partial charge >= 0.3 is 0 Å². The van der Waals surface area contributed by atoms with E-state index >= 15 is 0 Å². The highest BCUT2D eigenvalue weighted by Gasteiger charge is 2.17. The van der Waals surface area contributed by atoms with Gasteiger partial charge in [-0.3, -0.25) is 10.2 Å². The van der Waals surface area contributed by atoms with Crippen molar-refractivity contribution >= 4 is 34.0 Å². The van der Waals surface area contributed by atoms with Gasteiger partial charge in [-0.1, -0.05) is 12.1 Å². The number of pyridine rings is 1. The van der Waals surface area contributed by atoms with Crippen LogP contribution in [-0.2, 0) is 0 Å². The van der Waals surface area contributed by atoms with Crippen LogP contribution < -0.4 is 16.7 Å². The number of nitrogens with zero attached hydrogens (tertiary/aromatic N) is 5. The van der Waals surface area contributed by atoms with E-state index in [0.717, 1.165) is 15.8 Å². The molecule has 3 heterocycles. The fourth-order valence-electron chi connectivity index (χ4n) is 2.81. The van der Waals surface area contributed by atoms with Gasteiger partial charge in [0.1, 0.15) is 11.3 Å². The molecule has 8 nitrogen and oxygen atoms in total. The molecule has 130 valence electrons. The predicted molar refractivity (Wildman–Crippen MR) is 98.8 cm³/mol. The van der Waals surface area contributed by atoms with E-state index in [-0.39, 0.29) is 16.4 Å². The van der Waals surface area contributed by atoms with Crippen molar-refractivity contribution in [1.29, 1.82) is 0 Å². The van der Waals surface area contributed by atoms with E-state index in [2.05, 4.69) is 20.7 Å². The van der Waals surface area contributed by atoms with Gasteiger partial charge in [0.25, 0.3) is 5.56 Å². The standard InChI is InChI=1S/C16H12FN7OS/c1-8-12(9-2-4-10(17)5-3-9)14-20-19-13-11(24(14)21-8)6-7-23(15(13)25)22-16(18)26/h2-7H,1H3,(H3,18,22,26). The van der Waals surface area contributed by atoms with Gasteiger partial charge in [0.15, 0.2) is 16.3 Å². The maximum absolute atomic E-state index is 13.2. The minimum atomic E-state index is -0.457. The molecule has 10 heteroatoms. The summed E-state index contributed by atoms with van der Waals surface area (Å²) in [6.07, 6.45) is 1.49.